The van der Waals surface area contributed by atoms with Gasteiger partial charge in [-0.05, 0) is 57.0 Å². The summed E-state index contributed by atoms with van der Waals surface area (Å²) in [7, 11) is 1.58. The zero-order valence-electron chi connectivity index (χ0n) is 19.9. The molecule has 0 amide bonds. The summed E-state index contributed by atoms with van der Waals surface area (Å²) in [6.07, 6.45) is 3.74. The van der Waals surface area contributed by atoms with Crippen molar-refractivity contribution in [2.24, 2.45) is 0 Å². The van der Waals surface area contributed by atoms with Gasteiger partial charge in [-0.1, -0.05) is 17.7 Å². The van der Waals surface area contributed by atoms with E-state index in [-0.39, 0.29) is 11.9 Å². The number of hydrogen-bond donors (Lipinski definition) is 2. The molecule has 1 aliphatic rings. The fourth-order valence-corrected chi connectivity index (χ4v) is 4.93. The number of para-hydroxylation sites is 1. The molecule has 0 unspecified atom stereocenters. The monoisotopic (exact) mass is 490 g/mol. The van der Waals surface area contributed by atoms with E-state index in [9.17, 15) is 4.79 Å². The molecule has 0 spiro atoms. The lowest BCUT2D eigenvalue weighted by atomic mass is 9.94. The molecule has 1 atom stereocenters. The van der Waals surface area contributed by atoms with Gasteiger partial charge in [-0.15, -0.1) is 0 Å². The highest BCUT2D eigenvalue weighted by molar-refractivity contribution is 6.32. The van der Waals surface area contributed by atoms with Crippen LogP contribution in [0.4, 0.5) is 11.4 Å². The van der Waals surface area contributed by atoms with E-state index >= 15 is 0 Å². The molecule has 0 bridgehead atoms. The Morgan fingerprint density at radius 1 is 1.20 bits per heavy atom. The van der Waals surface area contributed by atoms with Crippen LogP contribution in [0, 0.1) is 0 Å². The van der Waals surface area contributed by atoms with Crippen molar-refractivity contribution in [3.8, 4) is 17.0 Å². The highest BCUT2D eigenvalue weighted by Crippen LogP contribution is 2.43. The molecular weight excluding hydrogens is 464 g/mol. The van der Waals surface area contributed by atoms with E-state index in [2.05, 4.69) is 15.3 Å². The molecule has 0 saturated heterocycles. The Bertz CT molecular complexity index is 1420. The number of rotatable bonds is 7. The van der Waals surface area contributed by atoms with Crippen molar-refractivity contribution >= 4 is 39.8 Å². The quantitative estimate of drug-likeness (QED) is 0.301. The highest BCUT2D eigenvalue weighted by Gasteiger charge is 2.28. The number of halogens is 1. The number of nitrogens with one attached hydrogen (secondary N) is 2. The average molecular weight is 491 g/mol. The maximum absolute atomic E-state index is 13.1. The molecular formula is C27H27ClN4O3. The van der Waals surface area contributed by atoms with E-state index in [1.54, 1.807) is 19.4 Å². The van der Waals surface area contributed by atoms with E-state index < -0.39 is 0 Å². The van der Waals surface area contributed by atoms with Crippen LogP contribution in [0.15, 0.2) is 42.6 Å². The molecule has 0 saturated carbocycles. The smallest absolute Gasteiger partial charge is 0.166 e. The summed E-state index contributed by atoms with van der Waals surface area (Å²) in [5.74, 6) is 0.623. The van der Waals surface area contributed by atoms with Gasteiger partial charge in [0.05, 0.1) is 57.6 Å². The van der Waals surface area contributed by atoms with Gasteiger partial charge in [0, 0.05) is 30.5 Å². The van der Waals surface area contributed by atoms with Crippen LogP contribution >= 0.6 is 11.6 Å². The number of ketones is 1. The third kappa shape index (κ3) is 4.26. The van der Waals surface area contributed by atoms with Crippen molar-refractivity contribution in [2.45, 2.75) is 39.2 Å². The van der Waals surface area contributed by atoms with Crippen molar-refractivity contribution in [2.75, 3.05) is 19.0 Å². The van der Waals surface area contributed by atoms with Gasteiger partial charge in [-0.3, -0.25) is 9.78 Å². The van der Waals surface area contributed by atoms with Crippen LogP contribution in [0.2, 0.25) is 5.02 Å². The molecule has 35 heavy (non-hydrogen) atoms. The zero-order valence-corrected chi connectivity index (χ0v) is 20.7. The maximum Gasteiger partial charge on any atom is 0.166 e. The number of Topliss-reactive ketones (excluding diaryl/α,β-unsaturated/α-hetero) is 1. The molecule has 0 aliphatic heterocycles. The maximum atomic E-state index is 13.1. The first-order chi connectivity index (χ1) is 17.0. The minimum Gasteiger partial charge on any atom is -0.493 e. The number of aryl methyl sites for hydroxylation is 1. The molecule has 2 N–H and O–H groups in total. The Balaban J connectivity index is 1.72. The number of pyridine rings is 2. The van der Waals surface area contributed by atoms with Gasteiger partial charge in [0.1, 0.15) is 0 Å². The van der Waals surface area contributed by atoms with Gasteiger partial charge in [-0.25, -0.2) is 4.98 Å². The molecule has 0 fully saturated rings. The molecule has 1 aliphatic carbocycles. The molecule has 7 nitrogen and oxygen atoms in total. The summed E-state index contributed by atoms with van der Waals surface area (Å²) in [6, 6.07) is 11.3. The standard InChI is InChI=1S/C27H27ClN4O3/c1-4-35-15(2)18-11-12-20-24(30-18)16(13-14-29-20)25-26(23-19(31-25)8-6-10-22(23)33)32-21-9-5-7-17(28)27(21)34-3/h5,7,9,11-15,31-32H,4,6,8,10H2,1-3H3/t15-/m1/s1. The van der Waals surface area contributed by atoms with Gasteiger partial charge >= 0.3 is 0 Å². The summed E-state index contributed by atoms with van der Waals surface area (Å²) in [4.78, 5) is 26.1. The molecule has 3 heterocycles. The SMILES string of the molecule is CCO[C@H](C)c1ccc2nccc(-c3[nH]c4c(c3Nc3cccc(Cl)c3OC)C(=O)CCC4)c2n1. The number of aromatic nitrogens is 3. The van der Waals surface area contributed by atoms with E-state index in [0.29, 0.717) is 40.7 Å². The number of carbonyl (C=O) groups excluding carboxylic acids is 1. The number of benzene rings is 1. The number of hydrogen-bond acceptors (Lipinski definition) is 6. The molecule has 8 heteroatoms. The average Bonchev–Trinajstić information content (AvgIpc) is 3.23. The largest absolute Gasteiger partial charge is 0.493 e. The molecule has 5 rings (SSSR count). The van der Waals surface area contributed by atoms with Crippen LogP contribution in [0.5, 0.6) is 5.75 Å². The second-order valence-corrected chi connectivity index (χ2v) is 8.92. The minimum atomic E-state index is -0.149. The third-order valence-corrected chi connectivity index (χ3v) is 6.62. The lowest BCUT2D eigenvalue weighted by Gasteiger charge is -2.17. The van der Waals surface area contributed by atoms with Crippen molar-refractivity contribution < 1.29 is 14.3 Å². The molecule has 4 aromatic rings. The number of aromatic amines is 1. The highest BCUT2D eigenvalue weighted by atomic mass is 35.5. The lowest BCUT2D eigenvalue weighted by Crippen LogP contribution is -2.11. The molecule has 1 aromatic carbocycles. The van der Waals surface area contributed by atoms with Gasteiger partial charge < -0.3 is 19.8 Å². The Hall–Kier alpha value is -3.42. The normalized spacial score (nSPS) is 14.1. The molecule has 3 aromatic heterocycles. The van der Waals surface area contributed by atoms with Crippen LogP contribution in [-0.4, -0.2) is 34.5 Å². The Morgan fingerprint density at radius 2 is 2.06 bits per heavy atom. The fraction of sp³-hybridized carbons (Fsp3) is 0.296. The van der Waals surface area contributed by atoms with E-state index in [0.717, 1.165) is 46.5 Å². The predicted octanol–water partition coefficient (Wildman–Crippen LogP) is 6.65. The number of anilines is 2. The molecule has 180 valence electrons. The fourth-order valence-electron chi connectivity index (χ4n) is 4.68. The Kier molecular flexibility index (Phi) is 6.45. The summed E-state index contributed by atoms with van der Waals surface area (Å²) < 4.78 is 11.3. The number of H-pyrrole nitrogens is 1. The Labute approximate surface area is 208 Å². The Morgan fingerprint density at radius 3 is 2.86 bits per heavy atom. The predicted molar refractivity (Wildman–Crippen MR) is 138 cm³/mol. The van der Waals surface area contributed by atoms with Crippen molar-refractivity contribution in [1.82, 2.24) is 15.0 Å². The zero-order chi connectivity index (χ0) is 24.5. The first kappa shape index (κ1) is 23.3. The summed E-state index contributed by atoms with van der Waals surface area (Å²) in [5, 5.41) is 3.94. The van der Waals surface area contributed by atoms with Crippen LogP contribution < -0.4 is 10.1 Å². The van der Waals surface area contributed by atoms with Crippen LogP contribution in [0.25, 0.3) is 22.3 Å². The van der Waals surface area contributed by atoms with Crippen molar-refractivity contribution in [3.63, 3.8) is 0 Å². The van der Waals surface area contributed by atoms with E-state index in [4.69, 9.17) is 26.1 Å². The van der Waals surface area contributed by atoms with E-state index in [1.165, 1.54) is 0 Å². The number of methoxy groups -OCH3 is 1. The summed E-state index contributed by atoms with van der Waals surface area (Å²) in [5.41, 5.74) is 6.94. The van der Waals surface area contributed by atoms with Gasteiger partial charge in [-0.2, -0.15) is 0 Å². The molecule has 0 radical (unpaired) electrons. The number of ether oxygens (including phenoxy) is 2. The summed E-state index contributed by atoms with van der Waals surface area (Å²) >= 11 is 6.38. The van der Waals surface area contributed by atoms with Gasteiger partial charge in [0.15, 0.2) is 11.5 Å². The number of carbonyl (C=O) groups is 1. The second-order valence-electron chi connectivity index (χ2n) is 8.51. The lowest BCUT2D eigenvalue weighted by molar-refractivity contribution is 0.0736. The first-order valence-corrected chi connectivity index (χ1v) is 12.1. The minimum absolute atomic E-state index is 0.106. The number of nitrogens with zero attached hydrogens (tertiary/aromatic N) is 2. The van der Waals surface area contributed by atoms with Crippen LogP contribution in [0.1, 0.15) is 54.5 Å². The van der Waals surface area contributed by atoms with Crippen molar-refractivity contribution in [1.29, 1.82) is 0 Å². The van der Waals surface area contributed by atoms with Crippen LogP contribution in [0.3, 0.4) is 0 Å². The van der Waals surface area contributed by atoms with E-state index in [1.807, 2.05) is 44.2 Å². The van der Waals surface area contributed by atoms with Crippen molar-refractivity contribution in [3.05, 3.63) is 64.6 Å². The number of fused-ring (bicyclic) bond motifs is 2. The van der Waals surface area contributed by atoms with Gasteiger partial charge in [0.25, 0.3) is 0 Å². The summed E-state index contributed by atoms with van der Waals surface area (Å²) in [6.45, 7) is 4.55. The first-order valence-electron chi connectivity index (χ1n) is 11.8. The second kappa shape index (κ2) is 9.68. The van der Waals surface area contributed by atoms with Crippen LogP contribution in [-0.2, 0) is 11.2 Å². The van der Waals surface area contributed by atoms with Gasteiger partial charge in [0.2, 0.25) is 0 Å². The third-order valence-electron chi connectivity index (χ3n) is 6.33. The topological polar surface area (TPSA) is 89.1 Å².